The maximum atomic E-state index is 12.9. The van der Waals surface area contributed by atoms with E-state index in [0.29, 0.717) is 12.0 Å². The third-order valence-electron chi connectivity index (χ3n) is 4.20. The van der Waals surface area contributed by atoms with E-state index in [2.05, 4.69) is 18.8 Å². The molecule has 0 bridgehead atoms. The maximum Gasteiger partial charge on any atom is 0.255 e. The first-order valence-corrected chi connectivity index (χ1v) is 8.40. The van der Waals surface area contributed by atoms with Crippen LogP contribution in [0.2, 0.25) is 0 Å². The van der Waals surface area contributed by atoms with Gasteiger partial charge in [-0.25, -0.2) is 0 Å². The number of rotatable bonds is 5. The fraction of sp³-hybridized carbons (Fsp3) is 0.400. The molecule has 3 rings (SSSR count). The summed E-state index contributed by atoms with van der Waals surface area (Å²) in [6, 6.07) is 14.4. The molecule has 0 aliphatic heterocycles. The van der Waals surface area contributed by atoms with E-state index in [-0.39, 0.29) is 5.91 Å². The van der Waals surface area contributed by atoms with E-state index in [1.54, 1.807) is 0 Å². The minimum absolute atomic E-state index is 0.130. The van der Waals surface area contributed by atoms with Crippen LogP contribution in [0.1, 0.15) is 42.7 Å². The van der Waals surface area contributed by atoms with Crippen molar-refractivity contribution in [2.75, 3.05) is 6.54 Å². The van der Waals surface area contributed by atoms with Gasteiger partial charge < -0.3 is 4.90 Å². The first kappa shape index (κ1) is 15.7. The van der Waals surface area contributed by atoms with Crippen molar-refractivity contribution in [3.05, 3.63) is 53.7 Å². The predicted molar refractivity (Wildman–Crippen MR) is 93.3 cm³/mol. The van der Waals surface area contributed by atoms with Crippen molar-refractivity contribution in [2.45, 2.75) is 39.7 Å². The smallest absolute Gasteiger partial charge is 0.255 e. The van der Waals surface area contributed by atoms with Crippen molar-refractivity contribution in [3.63, 3.8) is 0 Å². The van der Waals surface area contributed by atoms with Gasteiger partial charge in [0.2, 0.25) is 0 Å². The van der Waals surface area contributed by atoms with Crippen molar-refractivity contribution in [1.82, 2.24) is 9.88 Å². The Bertz CT molecular complexity index is 690. The number of benzene rings is 1. The van der Waals surface area contributed by atoms with Crippen LogP contribution >= 0.6 is 0 Å². The average Bonchev–Trinajstić information content (AvgIpc) is 3.37. The second kappa shape index (κ2) is 6.53. The molecule has 1 fully saturated rings. The molecule has 0 saturated heterocycles. The topological polar surface area (TPSA) is 33.2 Å². The molecule has 1 heterocycles. The van der Waals surface area contributed by atoms with Crippen LogP contribution < -0.4 is 0 Å². The summed E-state index contributed by atoms with van der Waals surface area (Å²) in [5.74, 6) is 0.613. The fourth-order valence-corrected chi connectivity index (χ4v) is 2.89. The zero-order valence-electron chi connectivity index (χ0n) is 14.1. The van der Waals surface area contributed by atoms with Crippen LogP contribution in [0.3, 0.4) is 0 Å². The molecule has 1 aliphatic rings. The van der Waals surface area contributed by atoms with Gasteiger partial charge in [-0.05, 0) is 37.8 Å². The van der Waals surface area contributed by atoms with E-state index in [1.165, 1.54) is 0 Å². The standard InChI is InChI=1S/C20H24N2O/c1-14(2)13-22(17-9-10-17)20(23)18-11-12-19(21-15(18)3)16-7-5-4-6-8-16/h4-8,11-12,14,17H,9-10,13H2,1-3H3. The maximum absolute atomic E-state index is 12.9. The molecule has 0 radical (unpaired) electrons. The number of hydrogen-bond acceptors (Lipinski definition) is 2. The Morgan fingerprint density at radius 2 is 1.87 bits per heavy atom. The highest BCUT2D eigenvalue weighted by Gasteiger charge is 2.33. The van der Waals surface area contributed by atoms with Gasteiger partial charge in [0, 0.05) is 18.2 Å². The quantitative estimate of drug-likeness (QED) is 0.824. The van der Waals surface area contributed by atoms with Crippen molar-refractivity contribution in [2.24, 2.45) is 5.92 Å². The number of aromatic nitrogens is 1. The van der Waals surface area contributed by atoms with Crippen molar-refractivity contribution in [3.8, 4) is 11.3 Å². The van der Waals surface area contributed by atoms with Gasteiger partial charge in [-0.2, -0.15) is 0 Å². The molecular weight excluding hydrogens is 284 g/mol. The molecule has 1 aliphatic carbocycles. The Labute approximate surface area is 138 Å². The van der Waals surface area contributed by atoms with Gasteiger partial charge in [0.15, 0.2) is 0 Å². The van der Waals surface area contributed by atoms with Crippen LogP contribution in [0.5, 0.6) is 0 Å². The predicted octanol–water partition coefficient (Wildman–Crippen LogP) is 4.32. The SMILES string of the molecule is Cc1nc(-c2ccccc2)ccc1C(=O)N(CC(C)C)C1CC1. The van der Waals surface area contributed by atoms with Gasteiger partial charge in [0.05, 0.1) is 17.0 Å². The molecule has 3 heteroatoms. The summed E-state index contributed by atoms with van der Waals surface area (Å²) < 4.78 is 0. The van der Waals surface area contributed by atoms with Gasteiger partial charge in [-0.3, -0.25) is 9.78 Å². The van der Waals surface area contributed by atoms with Gasteiger partial charge >= 0.3 is 0 Å². The highest BCUT2D eigenvalue weighted by molar-refractivity contribution is 5.96. The summed E-state index contributed by atoms with van der Waals surface area (Å²) in [4.78, 5) is 19.6. The molecule has 0 atom stereocenters. The second-order valence-electron chi connectivity index (χ2n) is 6.78. The van der Waals surface area contributed by atoms with Crippen LogP contribution in [0, 0.1) is 12.8 Å². The normalized spacial score (nSPS) is 14.1. The van der Waals surface area contributed by atoms with Crippen molar-refractivity contribution < 1.29 is 4.79 Å². The number of aryl methyl sites for hydroxylation is 1. The highest BCUT2D eigenvalue weighted by atomic mass is 16.2. The first-order chi connectivity index (χ1) is 11.1. The van der Waals surface area contributed by atoms with Gasteiger partial charge in [-0.15, -0.1) is 0 Å². The van der Waals surface area contributed by atoms with Gasteiger partial charge in [0.25, 0.3) is 5.91 Å². The number of carbonyl (C=O) groups is 1. The van der Waals surface area contributed by atoms with Crippen LogP contribution in [-0.4, -0.2) is 28.4 Å². The summed E-state index contributed by atoms with van der Waals surface area (Å²) >= 11 is 0. The molecule has 1 amide bonds. The monoisotopic (exact) mass is 308 g/mol. The second-order valence-corrected chi connectivity index (χ2v) is 6.78. The number of carbonyl (C=O) groups excluding carboxylic acids is 1. The van der Waals surface area contributed by atoms with Gasteiger partial charge in [0.1, 0.15) is 0 Å². The molecule has 1 aromatic carbocycles. The third-order valence-corrected chi connectivity index (χ3v) is 4.20. The Morgan fingerprint density at radius 1 is 1.17 bits per heavy atom. The summed E-state index contributed by atoms with van der Waals surface area (Å²) in [6.45, 7) is 7.07. The molecule has 0 unspecified atom stereocenters. The lowest BCUT2D eigenvalue weighted by atomic mass is 10.1. The minimum atomic E-state index is 0.130. The first-order valence-electron chi connectivity index (χ1n) is 8.40. The minimum Gasteiger partial charge on any atom is -0.335 e. The lowest BCUT2D eigenvalue weighted by Crippen LogP contribution is -2.36. The molecule has 2 aromatic rings. The van der Waals surface area contributed by atoms with Crippen molar-refractivity contribution in [1.29, 1.82) is 0 Å². The number of nitrogens with zero attached hydrogens (tertiary/aromatic N) is 2. The van der Waals surface area contributed by atoms with E-state index >= 15 is 0 Å². The van der Waals surface area contributed by atoms with E-state index in [1.807, 2.05) is 54.3 Å². The molecule has 1 aromatic heterocycles. The Kier molecular flexibility index (Phi) is 4.46. The van der Waals surface area contributed by atoms with E-state index in [0.717, 1.165) is 41.9 Å². The van der Waals surface area contributed by atoms with E-state index < -0.39 is 0 Å². The van der Waals surface area contributed by atoms with Crippen LogP contribution in [0.15, 0.2) is 42.5 Å². The summed E-state index contributed by atoms with van der Waals surface area (Å²) in [5, 5.41) is 0. The molecular formula is C20H24N2O. The molecule has 1 saturated carbocycles. The highest BCUT2D eigenvalue weighted by Crippen LogP contribution is 2.30. The third kappa shape index (κ3) is 3.61. The lowest BCUT2D eigenvalue weighted by molar-refractivity contribution is 0.0721. The Hall–Kier alpha value is -2.16. The fourth-order valence-electron chi connectivity index (χ4n) is 2.89. The molecule has 0 N–H and O–H groups in total. The summed E-state index contributed by atoms with van der Waals surface area (Å²) in [5.41, 5.74) is 3.54. The molecule has 23 heavy (non-hydrogen) atoms. The summed E-state index contributed by atoms with van der Waals surface area (Å²) in [7, 11) is 0. The molecule has 0 spiro atoms. The van der Waals surface area contributed by atoms with Crippen LogP contribution in [0.25, 0.3) is 11.3 Å². The van der Waals surface area contributed by atoms with Crippen LogP contribution in [0.4, 0.5) is 0 Å². The Morgan fingerprint density at radius 3 is 2.43 bits per heavy atom. The van der Waals surface area contributed by atoms with E-state index in [9.17, 15) is 4.79 Å². The molecule has 120 valence electrons. The molecule has 3 nitrogen and oxygen atoms in total. The van der Waals surface area contributed by atoms with Gasteiger partial charge in [-0.1, -0.05) is 44.2 Å². The lowest BCUT2D eigenvalue weighted by Gasteiger charge is -2.25. The van der Waals surface area contributed by atoms with E-state index in [4.69, 9.17) is 0 Å². The van der Waals surface area contributed by atoms with Crippen LogP contribution in [-0.2, 0) is 0 Å². The number of hydrogen-bond donors (Lipinski definition) is 0. The average molecular weight is 308 g/mol. The zero-order valence-corrected chi connectivity index (χ0v) is 14.1. The zero-order chi connectivity index (χ0) is 16.4. The largest absolute Gasteiger partial charge is 0.335 e. The number of amides is 1. The summed E-state index contributed by atoms with van der Waals surface area (Å²) in [6.07, 6.45) is 2.26. The number of pyridine rings is 1. The van der Waals surface area contributed by atoms with Crippen molar-refractivity contribution >= 4 is 5.91 Å². The Balaban J connectivity index is 1.86.